The molecule has 0 saturated heterocycles. The standard InChI is InChI=1S/C19H30N2/c1-3-15-9-11-17(13-20)19(12-15)21-14(2)8-10-16-6-4-5-7-18(16)21/h4-7,14-15,17,19H,3,8-13,20H2,1-2H3. The number of nitrogens with zero attached hydrogens (tertiary/aromatic N) is 1. The third kappa shape index (κ3) is 2.83. The van der Waals surface area contributed by atoms with Gasteiger partial charge in [0.25, 0.3) is 0 Å². The maximum atomic E-state index is 6.13. The van der Waals surface area contributed by atoms with Gasteiger partial charge in [0.2, 0.25) is 0 Å². The molecule has 1 aromatic rings. The molecule has 1 aliphatic heterocycles. The molecule has 2 heteroatoms. The number of aryl methyl sites for hydroxylation is 1. The van der Waals surface area contributed by atoms with Crippen molar-refractivity contribution in [3.8, 4) is 0 Å². The minimum Gasteiger partial charge on any atom is -0.365 e. The summed E-state index contributed by atoms with van der Waals surface area (Å²) >= 11 is 0. The van der Waals surface area contributed by atoms with Crippen LogP contribution in [0.2, 0.25) is 0 Å². The molecule has 1 heterocycles. The zero-order valence-electron chi connectivity index (χ0n) is 13.6. The number of hydrogen-bond acceptors (Lipinski definition) is 2. The molecule has 1 aliphatic carbocycles. The monoisotopic (exact) mass is 286 g/mol. The van der Waals surface area contributed by atoms with Gasteiger partial charge in [-0.25, -0.2) is 0 Å². The first-order valence-corrected chi connectivity index (χ1v) is 8.80. The van der Waals surface area contributed by atoms with Crippen molar-refractivity contribution in [1.82, 2.24) is 0 Å². The van der Waals surface area contributed by atoms with E-state index in [0.717, 1.165) is 12.5 Å². The molecular formula is C19H30N2. The lowest BCUT2D eigenvalue weighted by Gasteiger charge is -2.49. The molecule has 2 nitrogen and oxygen atoms in total. The van der Waals surface area contributed by atoms with Crippen LogP contribution in [0.1, 0.15) is 51.5 Å². The van der Waals surface area contributed by atoms with Crippen molar-refractivity contribution in [2.75, 3.05) is 11.4 Å². The fraction of sp³-hybridized carbons (Fsp3) is 0.684. The van der Waals surface area contributed by atoms with Crippen LogP contribution in [-0.2, 0) is 6.42 Å². The highest BCUT2D eigenvalue weighted by molar-refractivity contribution is 5.57. The smallest absolute Gasteiger partial charge is 0.0403 e. The molecule has 21 heavy (non-hydrogen) atoms. The van der Waals surface area contributed by atoms with Crippen LogP contribution in [0.15, 0.2) is 24.3 Å². The van der Waals surface area contributed by atoms with E-state index in [4.69, 9.17) is 5.73 Å². The van der Waals surface area contributed by atoms with Crippen molar-refractivity contribution in [2.45, 2.75) is 64.5 Å². The SMILES string of the molecule is CCC1CCC(CN)C(N2c3ccccc3CCC2C)C1. The van der Waals surface area contributed by atoms with Gasteiger partial charge in [0.05, 0.1) is 0 Å². The van der Waals surface area contributed by atoms with E-state index in [2.05, 4.69) is 43.0 Å². The summed E-state index contributed by atoms with van der Waals surface area (Å²) < 4.78 is 0. The molecule has 3 rings (SSSR count). The Morgan fingerprint density at radius 2 is 2.00 bits per heavy atom. The summed E-state index contributed by atoms with van der Waals surface area (Å²) in [4.78, 5) is 2.73. The second kappa shape index (κ2) is 6.39. The average molecular weight is 286 g/mol. The average Bonchev–Trinajstić information content (AvgIpc) is 2.54. The Bertz CT molecular complexity index is 470. The third-order valence-electron chi connectivity index (χ3n) is 5.88. The van der Waals surface area contributed by atoms with E-state index < -0.39 is 0 Å². The summed E-state index contributed by atoms with van der Waals surface area (Å²) in [6.45, 7) is 5.59. The van der Waals surface area contributed by atoms with Gasteiger partial charge in [-0.1, -0.05) is 31.5 Å². The normalized spacial score (nSPS) is 32.8. The van der Waals surface area contributed by atoms with Gasteiger partial charge in [0.1, 0.15) is 0 Å². The van der Waals surface area contributed by atoms with Gasteiger partial charge in [0.15, 0.2) is 0 Å². The fourth-order valence-electron chi connectivity index (χ4n) is 4.50. The molecule has 4 unspecified atom stereocenters. The molecule has 4 atom stereocenters. The molecule has 2 N–H and O–H groups in total. The van der Waals surface area contributed by atoms with Crippen molar-refractivity contribution >= 4 is 5.69 Å². The van der Waals surface area contributed by atoms with Crippen molar-refractivity contribution in [2.24, 2.45) is 17.6 Å². The highest BCUT2D eigenvalue weighted by atomic mass is 15.2. The molecule has 0 spiro atoms. The van der Waals surface area contributed by atoms with Gasteiger partial charge >= 0.3 is 0 Å². The minimum absolute atomic E-state index is 0.644. The first-order valence-electron chi connectivity index (χ1n) is 8.80. The number of nitrogens with two attached hydrogens (primary N) is 1. The Balaban J connectivity index is 1.92. The van der Waals surface area contributed by atoms with Crippen LogP contribution in [0.5, 0.6) is 0 Å². The molecule has 116 valence electrons. The lowest BCUT2D eigenvalue weighted by Crippen LogP contribution is -2.52. The van der Waals surface area contributed by atoms with Crippen LogP contribution >= 0.6 is 0 Å². The van der Waals surface area contributed by atoms with E-state index >= 15 is 0 Å². The zero-order chi connectivity index (χ0) is 14.8. The van der Waals surface area contributed by atoms with E-state index in [0.29, 0.717) is 18.0 Å². The Kier molecular flexibility index (Phi) is 4.54. The Labute approximate surface area is 129 Å². The van der Waals surface area contributed by atoms with Crippen molar-refractivity contribution in [3.63, 3.8) is 0 Å². The maximum Gasteiger partial charge on any atom is 0.0403 e. The van der Waals surface area contributed by atoms with Crippen LogP contribution < -0.4 is 10.6 Å². The quantitative estimate of drug-likeness (QED) is 0.910. The highest BCUT2D eigenvalue weighted by Gasteiger charge is 2.37. The van der Waals surface area contributed by atoms with Crippen molar-refractivity contribution < 1.29 is 0 Å². The van der Waals surface area contributed by atoms with Gasteiger partial charge in [-0.2, -0.15) is 0 Å². The summed E-state index contributed by atoms with van der Waals surface area (Å²) in [6.07, 6.45) is 7.84. The number of para-hydroxylation sites is 1. The molecule has 1 fully saturated rings. The summed E-state index contributed by atoms with van der Waals surface area (Å²) in [5, 5.41) is 0. The van der Waals surface area contributed by atoms with Gasteiger partial charge in [-0.15, -0.1) is 0 Å². The molecule has 0 amide bonds. The number of fused-ring (bicyclic) bond motifs is 1. The topological polar surface area (TPSA) is 29.3 Å². The largest absolute Gasteiger partial charge is 0.365 e. The maximum absolute atomic E-state index is 6.13. The van der Waals surface area contributed by atoms with E-state index in [1.165, 1.54) is 49.8 Å². The fourth-order valence-corrected chi connectivity index (χ4v) is 4.50. The predicted molar refractivity (Wildman–Crippen MR) is 90.7 cm³/mol. The van der Waals surface area contributed by atoms with Crippen LogP contribution in [0.3, 0.4) is 0 Å². The summed E-state index contributed by atoms with van der Waals surface area (Å²) in [7, 11) is 0. The Hall–Kier alpha value is -1.02. The predicted octanol–water partition coefficient (Wildman–Crippen LogP) is 3.98. The number of benzene rings is 1. The number of rotatable bonds is 3. The number of anilines is 1. The summed E-state index contributed by atoms with van der Waals surface area (Å²) in [6, 6.07) is 10.3. The van der Waals surface area contributed by atoms with Crippen molar-refractivity contribution in [1.29, 1.82) is 0 Å². The molecule has 2 aliphatic rings. The first-order chi connectivity index (χ1) is 10.2. The van der Waals surface area contributed by atoms with Gasteiger partial charge in [0, 0.05) is 17.8 Å². The van der Waals surface area contributed by atoms with Crippen molar-refractivity contribution in [3.05, 3.63) is 29.8 Å². The number of hydrogen-bond donors (Lipinski definition) is 1. The molecule has 0 aromatic heterocycles. The molecule has 1 aromatic carbocycles. The summed E-state index contributed by atoms with van der Waals surface area (Å²) in [5.41, 5.74) is 9.14. The van der Waals surface area contributed by atoms with E-state index in [1.807, 2.05) is 0 Å². The lowest BCUT2D eigenvalue weighted by molar-refractivity contribution is 0.217. The zero-order valence-corrected chi connectivity index (χ0v) is 13.6. The van der Waals surface area contributed by atoms with E-state index in [9.17, 15) is 0 Å². The molecular weight excluding hydrogens is 256 g/mol. The van der Waals surface area contributed by atoms with E-state index in [1.54, 1.807) is 0 Å². The van der Waals surface area contributed by atoms with Crippen LogP contribution in [0.25, 0.3) is 0 Å². The molecule has 0 bridgehead atoms. The molecule has 1 saturated carbocycles. The second-order valence-corrected chi connectivity index (χ2v) is 7.07. The van der Waals surface area contributed by atoms with Crippen LogP contribution in [-0.4, -0.2) is 18.6 Å². The lowest BCUT2D eigenvalue weighted by atomic mass is 9.75. The first kappa shape index (κ1) is 14.9. The Morgan fingerprint density at radius 1 is 1.19 bits per heavy atom. The van der Waals surface area contributed by atoms with Gasteiger partial charge < -0.3 is 10.6 Å². The Morgan fingerprint density at radius 3 is 2.76 bits per heavy atom. The van der Waals surface area contributed by atoms with E-state index in [-0.39, 0.29) is 0 Å². The van der Waals surface area contributed by atoms with Gasteiger partial charge in [-0.3, -0.25) is 0 Å². The van der Waals surface area contributed by atoms with Crippen LogP contribution in [0.4, 0.5) is 5.69 Å². The van der Waals surface area contributed by atoms with Gasteiger partial charge in [-0.05, 0) is 69.0 Å². The third-order valence-corrected chi connectivity index (χ3v) is 5.88. The highest BCUT2D eigenvalue weighted by Crippen LogP contribution is 2.40. The summed E-state index contributed by atoms with van der Waals surface area (Å²) in [5.74, 6) is 1.56. The molecule has 0 radical (unpaired) electrons. The minimum atomic E-state index is 0.644. The second-order valence-electron chi connectivity index (χ2n) is 7.07. The van der Waals surface area contributed by atoms with Crippen LogP contribution in [0, 0.1) is 11.8 Å².